The average Bonchev–Trinajstić information content (AvgIpc) is 2.49. The lowest BCUT2D eigenvalue weighted by Gasteiger charge is -2.41. The van der Waals surface area contributed by atoms with Gasteiger partial charge in [0.05, 0.1) is 17.5 Å². The fraction of sp³-hybridized carbons (Fsp3) is 1.00. The third-order valence-electron chi connectivity index (χ3n) is 6.06. The van der Waals surface area contributed by atoms with Gasteiger partial charge in [0.25, 0.3) is 0 Å². The predicted octanol–water partition coefficient (Wildman–Crippen LogP) is 6.49. The van der Waals surface area contributed by atoms with Gasteiger partial charge in [0, 0.05) is 13.9 Å². The van der Waals surface area contributed by atoms with Crippen molar-refractivity contribution in [3.8, 4) is 0 Å². The van der Waals surface area contributed by atoms with E-state index >= 15 is 0 Å². The molecule has 0 nitrogen and oxygen atoms in total. The summed E-state index contributed by atoms with van der Waals surface area (Å²) in [5.41, 5.74) is 2.34. The number of unbranched alkanes of at least 4 members (excludes halogenated alkanes) is 2. The van der Waals surface area contributed by atoms with E-state index in [9.17, 15) is 0 Å². The van der Waals surface area contributed by atoms with Crippen molar-refractivity contribution in [2.75, 3.05) is 12.8 Å². The molecule has 0 aromatic carbocycles. The first kappa shape index (κ1) is 15.8. The van der Waals surface area contributed by atoms with Gasteiger partial charge in [0.1, 0.15) is 0 Å². The zero-order valence-electron chi connectivity index (χ0n) is 13.5. The van der Waals surface area contributed by atoms with Gasteiger partial charge in [0.2, 0.25) is 0 Å². The van der Waals surface area contributed by atoms with Crippen LogP contribution >= 0.6 is 7.26 Å². The van der Waals surface area contributed by atoms with Crippen LogP contribution in [-0.2, 0) is 0 Å². The van der Waals surface area contributed by atoms with E-state index in [1.54, 1.807) is 57.5 Å². The molecule has 0 radical (unpaired) electrons. The number of hydrogen-bond donors (Lipinski definition) is 0. The van der Waals surface area contributed by atoms with Crippen LogP contribution in [0.2, 0.25) is 0 Å². The molecule has 2 aliphatic rings. The van der Waals surface area contributed by atoms with E-state index in [0.717, 1.165) is 0 Å². The molecule has 0 aromatic rings. The lowest BCUT2D eigenvalue weighted by Crippen LogP contribution is -2.29. The maximum atomic E-state index is 2.80. The summed E-state index contributed by atoms with van der Waals surface area (Å²) in [6.45, 7) is 5.16. The highest BCUT2D eigenvalue weighted by Gasteiger charge is 2.47. The molecule has 0 unspecified atom stereocenters. The van der Waals surface area contributed by atoms with E-state index in [2.05, 4.69) is 13.6 Å². The van der Waals surface area contributed by atoms with Gasteiger partial charge in [-0.1, -0.05) is 32.6 Å². The molecule has 112 valence electrons. The van der Waals surface area contributed by atoms with Crippen LogP contribution in [0.25, 0.3) is 0 Å². The fourth-order valence-electron chi connectivity index (χ4n) is 4.71. The highest BCUT2D eigenvalue weighted by atomic mass is 31.2. The molecule has 0 atom stereocenters. The van der Waals surface area contributed by atoms with E-state index in [0.29, 0.717) is 0 Å². The molecule has 0 N–H and O–H groups in total. The number of hydrogen-bond acceptors (Lipinski definition) is 0. The molecule has 0 heterocycles. The zero-order chi connectivity index (χ0) is 13.6. The Morgan fingerprint density at radius 2 is 1.21 bits per heavy atom. The van der Waals surface area contributed by atoms with Gasteiger partial charge >= 0.3 is 0 Å². The maximum absolute atomic E-state index is 2.80. The maximum Gasteiger partial charge on any atom is 0.0697 e. The van der Waals surface area contributed by atoms with Gasteiger partial charge in [-0.3, -0.25) is 0 Å². The van der Waals surface area contributed by atoms with Crippen LogP contribution in [-0.4, -0.2) is 24.1 Å². The second-order valence-corrected chi connectivity index (χ2v) is 12.0. The highest BCUT2D eigenvalue weighted by molar-refractivity contribution is 7.76. The summed E-state index contributed by atoms with van der Waals surface area (Å²) in [4.78, 5) is 0. The Kier molecular flexibility index (Phi) is 6.67. The predicted molar refractivity (Wildman–Crippen MR) is 91.0 cm³/mol. The van der Waals surface area contributed by atoms with Crippen LogP contribution in [0.1, 0.15) is 90.4 Å². The van der Waals surface area contributed by atoms with Crippen LogP contribution in [0.3, 0.4) is 0 Å². The van der Waals surface area contributed by atoms with Crippen molar-refractivity contribution in [1.29, 1.82) is 0 Å². The van der Waals surface area contributed by atoms with Gasteiger partial charge in [0.15, 0.2) is 0 Å². The first-order chi connectivity index (χ1) is 9.27. The summed E-state index contributed by atoms with van der Waals surface area (Å²) < 4.78 is 0. The van der Waals surface area contributed by atoms with Gasteiger partial charge < -0.3 is 0 Å². The Balaban J connectivity index is 2.00. The monoisotopic (exact) mass is 283 g/mol. The van der Waals surface area contributed by atoms with Crippen molar-refractivity contribution in [2.24, 2.45) is 0 Å². The molecule has 2 rings (SSSR count). The summed E-state index contributed by atoms with van der Waals surface area (Å²) in [7, 11) is -0.650. The SMILES string of the molecule is CCCCC[P+](C)(C1CCCCC1)C1CCCCC1. The quantitative estimate of drug-likeness (QED) is 0.386. The fourth-order valence-corrected chi connectivity index (χ4v) is 10.0. The Bertz CT molecular complexity index is 218. The summed E-state index contributed by atoms with van der Waals surface area (Å²) >= 11 is 0. The standard InChI is InChI=1S/C18H36P/c1-3-4-11-16-19(2,17-12-7-5-8-13-17)18-14-9-6-10-15-18/h17-18H,3-16H2,1-2H3/q+1. The van der Waals surface area contributed by atoms with Gasteiger partial charge in [-0.2, -0.15) is 0 Å². The lowest BCUT2D eigenvalue weighted by molar-refractivity contribution is 0.478. The minimum atomic E-state index is -0.650. The van der Waals surface area contributed by atoms with Crippen molar-refractivity contribution in [3.05, 3.63) is 0 Å². The molecule has 2 fully saturated rings. The third-order valence-corrected chi connectivity index (χ3v) is 11.7. The van der Waals surface area contributed by atoms with Crippen molar-refractivity contribution >= 4 is 7.26 Å². The molecular formula is C18H36P+. The Morgan fingerprint density at radius 1 is 0.737 bits per heavy atom. The Morgan fingerprint density at radius 3 is 1.63 bits per heavy atom. The van der Waals surface area contributed by atoms with Crippen molar-refractivity contribution in [2.45, 2.75) is 102 Å². The van der Waals surface area contributed by atoms with Gasteiger partial charge in [-0.15, -0.1) is 0 Å². The van der Waals surface area contributed by atoms with Crippen LogP contribution < -0.4 is 0 Å². The van der Waals surface area contributed by atoms with E-state index in [4.69, 9.17) is 0 Å². The molecule has 0 aliphatic heterocycles. The summed E-state index contributed by atoms with van der Waals surface area (Å²) in [5, 5.41) is 0. The molecular weight excluding hydrogens is 247 g/mol. The Hall–Kier alpha value is 0.430. The minimum absolute atomic E-state index is 0.650. The Labute approximate surface area is 122 Å². The average molecular weight is 283 g/mol. The van der Waals surface area contributed by atoms with Gasteiger partial charge in [-0.05, 0) is 57.8 Å². The molecule has 0 aromatic heterocycles. The second-order valence-electron chi connectivity index (χ2n) is 7.36. The lowest BCUT2D eigenvalue weighted by atomic mass is 9.99. The summed E-state index contributed by atoms with van der Waals surface area (Å²) in [6.07, 6.45) is 21.6. The van der Waals surface area contributed by atoms with E-state index in [-0.39, 0.29) is 0 Å². The number of rotatable bonds is 6. The first-order valence-electron chi connectivity index (χ1n) is 9.12. The van der Waals surface area contributed by atoms with E-state index in [1.165, 1.54) is 43.4 Å². The molecule has 0 spiro atoms. The first-order valence-corrected chi connectivity index (χ1v) is 11.7. The highest BCUT2D eigenvalue weighted by Crippen LogP contribution is 2.70. The second kappa shape index (κ2) is 8.02. The van der Waals surface area contributed by atoms with Crippen molar-refractivity contribution in [3.63, 3.8) is 0 Å². The van der Waals surface area contributed by atoms with Crippen LogP contribution in [0.4, 0.5) is 0 Å². The minimum Gasteiger partial charge on any atom is -0.0654 e. The molecule has 2 aliphatic carbocycles. The van der Waals surface area contributed by atoms with E-state index in [1.807, 2.05) is 0 Å². The van der Waals surface area contributed by atoms with Crippen LogP contribution in [0, 0.1) is 0 Å². The van der Waals surface area contributed by atoms with Crippen LogP contribution in [0.15, 0.2) is 0 Å². The molecule has 1 heteroatoms. The third kappa shape index (κ3) is 4.20. The van der Waals surface area contributed by atoms with Crippen molar-refractivity contribution < 1.29 is 0 Å². The smallest absolute Gasteiger partial charge is 0.0654 e. The largest absolute Gasteiger partial charge is 0.0697 e. The normalized spacial score (nSPS) is 23.7. The topological polar surface area (TPSA) is 0 Å². The van der Waals surface area contributed by atoms with E-state index < -0.39 is 7.26 Å². The zero-order valence-corrected chi connectivity index (χ0v) is 14.4. The van der Waals surface area contributed by atoms with Crippen LogP contribution in [0.5, 0.6) is 0 Å². The van der Waals surface area contributed by atoms with Crippen molar-refractivity contribution in [1.82, 2.24) is 0 Å². The molecule has 0 amide bonds. The molecule has 2 saturated carbocycles. The van der Waals surface area contributed by atoms with Gasteiger partial charge in [-0.25, -0.2) is 0 Å². The molecule has 19 heavy (non-hydrogen) atoms. The summed E-state index contributed by atoms with van der Waals surface area (Å²) in [5.74, 6) is 0. The molecule has 0 saturated heterocycles. The molecule has 0 bridgehead atoms. The summed E-state index contributed by atoms with van der Waals surface area (Å²) in [6, 6.07) is 0.